The Hall–Kier alpha value is -1.26. The van der Waals surface area contributed by atoms with Crippen LogP contribution >= 0.6 is 11.6 Å². The van der Waals surface area contributed by atoms with Gasteiger partial charge in [0.1, 0.15) is 0 Å². The molecule has 0 radical (unpaired) electrons. The van der Waals surface area contributed by atoms with Crippen molar-refractivity contribution >= 4 is 23.3 Å². The van der Waals surface area contributed by atoms with Gasteiger partial charge in [0.05, 0.1) is 12.1 Å². The summed E-state index contributed by atoms with van der Waals surface area (Å²) in [5.41, 5.74) is 0.662. The van der Waals surface area contributed by atoms with E-state index in [0.717, 1.165) is 25.7 Å². The van der Waals surface area contributed by atoms with Gasteiger partial charge in [-0.25, -0.2) is 4.79 Å². The molecule has 2 rings (SSSR count). The Morgan fingerprint density at radius 2 is 2.16 bits per heavy atom. The minimum Gasteiger partial charge on any atom is -0.391 e. The molecule has 5 heteroatoms. The summed E-state index contributed by atoms with van der Waals surface area (Å²) in [6, 6.07) is 6.71. The highest BCUT2D eigenvalue weighted by molar-refractivity contribution is 6.30. The molecular weight excluding hydrogens is 264 g/mol. The van der Waals surface area contributed by atoms with Crippen LogP contribution in [0.2, 0.25) is 5.02 Å². The number of carbonyl (C=O) groups excluding carboxylic acids is 1. The number of aliphatic hydroxyl groups excluding tert-OH is 1. The number of urea groups is 1. The van der Waals surface area contributed by atoms with Gasteiger partial charge in [0.15, 0.2) is 0 Å². The fourth-order valence-corrected chi connectivity index (χ4v) is 2.66. The molecule has 1 aliphatic carbocycles. The summed E-state index contributed by atoms with van der Waals surface area (Å²) in [5.74, 6) is 0. The van der Waals surface area contributed by atoms with E-state index in [2.05, 4.69) is 5.32 Å². The Balaban J connectivity index is 1.99. The van der Waals surface area contributed by atoms with E-state index in [0.29, 0.717) is 10.7 Å². The number of hydrogen-bond acceptors (Lipinski definition) is 2. The van der Waals surface area contributed by atoms with Crippen LogP contribution in [0.5, 0.6) is 0 Å². The first-order chi connectivity index (χ1) is 9.08. The van der Waals surface area contributed by atoms with Crippen LogP contribution in [-0.4, -0.2) is 35.2 Å². The first-order valence-corrected chi connectivity index (χ1v) is 6.93. The largest absolute Gasteiger partial charge is 0.391 e. The second-order valence-corrected chi connectivity index (χ2v) is 5.41. The zero-order valence-electron chi connectivity index (χ0n) is 11.0. The second-order valence-electron chi connectivity index (χ2n) is 4.97. The fourth-order valence-electron chi connectivity index (χ4n) is 2.47. The number of likely N-dealkylation sites (N-methyl/N-ethyl adjacent to an activating group) is 1. The highest BCUT2D eigenvalue weighted by Gasteiger charge is 2.29. The molecule has 0 unspecified atom stereocenters. The van der Waals surface area contributed by atoms with Gasteiger partial charge in [-0.1, -0.05) is 30.5 Å². The van der Waals surface area contributed by atoms with E-state index in [4.69, 9.17) is 11.6 Å². The van der Waals surface area contributed by atoms with E-state index in [9.17, 15) is 9.90 Å². The number of nitrogens with zero attached hydrogens (tertiary/aromatic N) is 1. The molecule has 0 spiro atoms. The van der Waals surface area contributed by atoms with Crippen molar-refractivity contribution in [3.63, 3.8) is 0 Å². The zero-order chi connectivity index (χ0) is 13.8. The maximum Gasteiger partial charge on any atom is 0.321 e. The van der Waals surface area contributed by atoms with Gasteiger partial charge in [-0.15, -0.1) is 0 Å². The molecule has 2 amide bonds. The van der Waals surface area contributed by atoms with Crippen molar-refractivity contribution in [1.29, 1.82) is 0 Å². The van der Waals surface area contributed by atoms with Gasteiger partial charge >= 0.3 is 6.03 Å². The lowest BCUT2D eigenvalue weighted by Crippen LogP contribution is -2.47. The van der Waals surface area contributed by atoms with Gasteiger partial charge in [0.2, 0.25) is 0 Å². The van der Waals surface area contributed by atoms with Crippen LogP contribution < -0.4 is 5.32 Å². The number of nitrogens with one attached hydrogen (secondary N) is 1. The molecule has 4 nitrogen and oxygen atoms in total. The monoisotopic (exact) mass is 282 g/mol. The lowest BCUT2D eigenvalue weighted by molar-refractivity contribution is 0.0494. The minimum atomic E-state index is -0.427. The molecule has 0 bridgehead atoms. The summed E-state index contributed by atoms with van der Waals surface area (Å²) in [6.45, 7) is 0. The number of aliphatic hydroxyl groups is 1. The number of anilines is 1. The first kappa shape index (κ1) is 14.2. The lowest BCUT2D eigenvalue weighted by Gasteiger charge is -2.35. The Kier molecular flexibility index (Phi) is 4.66. The Morgan fingerprint density at radius 1 is 1.42 bits per heavy atom. The van der Waals surface area contributed by atoms with E-state index in [1.807, 2.05) is 0 Å². The number of carbonyl (C=O) groups is 1. The van der Waals surface area contributed by atoms with Gasteiger partial charge < -0.3 is 15.3 Å². The maximum atomic E-state index is 12.1. The molecular formula is C14H19ClN2O2. The molecule has 1 aromatic carbocycles. The summed E-state index contributed by atoms with van der Waals surface area (Å²) >= 11 is 5.87. The van der Waals surface area contributed by atoms with Crippen molar-refractivity contribution in [2.75, 3.05) is 12.4 Å². The van der Waals surface area contributed by atoms with Crippen molar-refractivity contribution in [2.45, 2.75) is 37.8 Å². The van der Waals surface area contributed by atoms with E-state index >= 15 is 0 Å². The van der Waals surface area contributed by atoms with Crippen LogP contribution in [0, 0.1) is 0 Å². The molecule has 19 heavy (non-hydrogen) atoms. The van der Waals surface area contributed by atoms with E-state index in [-0.39, 0.29) is 12.1 Å². The number of hydrogen-bond donors (Lipinski definition) is 2. The fraction of sp³-hybridized carbons (Fsp3) is 0.500. The van der Waals surface area contributed by atoms with Crippen molar-refractivity contribution in [3.05, 3.63) is 29.3 Å². The molecule has 1 aromatic rings. The van der Waals surface area contributed by atoms with Crippen molar-refractivity contribution in [3.8, 4) is 0 Å². The third-order valence-electron chi connectivity index (χ3n) is 3.59. The van der Waals surface area contributed by atoms with Crippen LogP contribution in [-0.2, 0) is 0 Å². The van der Waals surface area contributed by atoms with Gasteiger partial charge in [-0.05, 0) is 31.0 Å². The summed E-state index contributed by atoms with van der Waals surface area (Å²) in [5, 5.41) is 13.3. The second kappa shape index (κ2) is 6.26. The molecule has 1 fully saturated rings. The van der Waals surface area contributed by atoms with Gasteiger partial charge in [0.25, 0.3) is 0 Å². The number of rotatable bonds is 2. The maximum absolute atomic E-state index is 12.1. The van der Waals surface area contributed by atoms with Crippen molar-refractivity contribution in [2.24, 2.45) is 0 Å². The molecule has 0 aromatic heterocycles. The van der Waals surface area contributed by atoms with Gasteiger partial charge in [-0.3, -0.25) is 0 Å². The summed E-state index contributed by atoms with van der Waals surface area (Å²) < 4.78 is 0. The minimum absolute atomic E-state index is 0.104. The average Bonchev–Trinajstić information content (AvgIpc) is 2.38. The predicted octanol–water partition coefficient (Wildman–Crippen LogP) is 3.11. The van der Waals surface area contributed by atoms with Crippen molar-refractivity contribution in [1.82, 2.24) is 4.90 Å². The first-order valence-electron chi connectivity index (χ1n) is 6.55. The smallest absolute Gasteiger partial charge is 0.321 e. The highest BCUT2D eigenvalue weighted by atomic mass is 35.5. The average molecular weight is 283 g/mol. The number of halogens is 1. The Labute approximate surface area is 118 Å². The quantitative estimate of drug-likeness (QED) is 0.876. The normalized spacial score (nSPS) is 22.9. The Bertz CT molecular complexity index is 453. The van der Waals surface area contributed by atoms with Gasteiger partial charge in [-0.2, -0.15) is 0 Å². The molecule has 0 heterocycles. The zero-order valence-corrected chi connectivity index (χ0v) is 11.7. The van der Waals surface area contributed by atoms with Crippen molar-refractivity contribution < 1.29 is 9.90 Å². The van der Waals surface area contributed by atoms with Crippen LogP contribution in [0.15, 0.2) is 24.3 Å². The molecule has 2 atom stereocenters. The summed E-state index contributed by atoms with van der Waals surface area (Å²) in [4.78, 5) is 13.7. The SMILES string of the molecule is CN(C(=O)Nc1cccc(Cl)c1)[C@H]1CCCC[C@H]1O. The number of amides is 2. The number of benzene rings is 1. The topological polar surface area (TPSA) is 52.6 Å². The highest BCUT2D eigenvalue weighted by Crippen LogP contribution is 2.23. The predicted molar refractivity (Wildman–Crippen MR) is 76.5 cm³/mol. The van der Waals surface area contributed by atoms with Crippen LogP contribution in [0.25, 0.3) is 0 Å². The van der Waals surface area contributed by atoms with E-state index in [1.165, 1.54) is 0 Å². The van der Waals surface area contributed by atoms with Crippen LogP contribution in [0.4, 0.5) is 10.5 Å². The third-order valence-corrected chi connectivity index (χ3v) is 3.82. The lowest BCUT2D eigenvalue weighted by atomic mass is 9.92. The van der Waals surface area contributed by atoms with Crippen LogP contribution in [0.3, 0.4) is 0 Å². The Morgan fingerprint density at radius 3 is 2.84 bits per heavy atom. The molecule has 2 N–H and O–H groups in total. The summed E-state index contributed by atoms with van der Waals surface area (Å²) in [7, 11) is 1.72. The third kappa shape index (κ3) is 3.61. The van der Waals surface area contributed by atoms with E-state index < -0.39 is 6.10 Å². The van der Waals surface area contributed by atoms with E-state index in [1.54, 1.807) is 36.2 Å². The molecule has 0 aliphatic heterocycles. The van der Waals surface area contributed by atoms with Gasteiger partial charge in [0, 0.05) is 17.8 Å². The van der Waals surface area contributed by atoms with Crippen LogP contribution in [0.1, 0.15) is 25.7 Å². The molecule has 104 valence electrons. The molecule has 1 aliphatic rings. The standard InChI is InChI=1S/C14H19ClN2O2/c1-17(12-7-2-3-8-13(12)18)14(19)16-11-6-4-5-10(15)9-11/h4-6,9,12-13,18H,2-3,7-8H2,1H3,(H,16,19)/t12-,13+/m0/s1. The molecule has 0 saturated heterocycles. The molecule has 1 saturated carbocycles. The summed E-state index contributed by atoms with van der Waals surface area (Å²) in [6.07, 6.45) is 3.27.